The van der Waals surface area contributed by atoms with Crippen LogP contribution in [-0.2, 0) is 6.42 Å². The molecule has 0 unspecified atom stereocenters. The first-order valence-electron chi connectivity index (χ1n) is 5.95. The van der Waals surface area contributed by atoms with Gasteiger partial charge in [-0.1, -0.05) is 37.5 Å². The Bertz CT molecular complexity index is 367. The van der Waals surface area contributed by atoms with Crippen LogP contribution in [0.5, 0.6) is 0 Å². The van der Waals surface area contributed by atoms with Gasteiger partial charge in [0.1, 0.15) is 12.0 Å². The van der Waals surface area contributed by atoms with Gasteiger partial charge in [-0.05, 0) is 24.5 Å². The Morgan fingerprint density at radius 2 is 2.00 bits per heavy atom. The van der Waals surface area contributed by atoms with Crippen LogP contribution >= 0.6 is 0 Å². The van der Waals surface area contributed by atoms with Gasteiger partial charge in [-0.15, -0.1) is 0 Å². The van der Waals surface area contributed by atoms with Gasteiger partial charge in [0, 0.05) is 12.0 Å². The largest absolute Gasteiger partial charge is 0.298 e. The Labute approximate surface area is 95.7 Å². The summed E-state index contributed by atoms with van der Waals surface area (Å²) in [6.45, 7) is 0. The van der Waals surface area contributed by atoms with Crippen molar-refractivity contribution >= 4 is 6.29 Å². The molecule has 1 aromatic carbocycles. The molecule has 2 rings (SSSR count). The van der Waals surface area contributed by atoms with E-state index in [1.165, 1.54) is 0 Å². The first-order valence-corrected chi connectivity index (χ1v) is 5.95. The Morgan fingerprint density at radius 3 is 2.69 bits per heavy atom. The van der Waals surface area contributed by atoms with Crippen molar-refractivity contribution in [1.29, 1.82) is 0 Å². The zero-order valence-corrected chi connectivity index (χ0v) is 9.42. The van der Waals surface area contributed by atoms with Crippen LogP contribution in [0.15, 0.2) is 24.3 Å². The van der Waals surface area contributed by atoms with E-state index < -0.39 is 5.67 Å². The van der Waals surface area contributed by atoms with Crippen LogP contribution < -0.4 is 0 Å². The van der Waals surface area contributed by atoms with Crippen molar-refractivity contribution in [3.05, 3.63) is 35.4 Å². The maximum absolute atomic E-state index is 14.4. The lowest BCUT2D eigenvalue weighted by atomic mass is 9.82. The molecule has 86 valence electrons. The van der Waals surface area contributed by atoms with Crippen LogP contribution in [0, 0.1) is 0 Å². The number of halogens is 1. The molecule has 1 aromatic rings. The highest BCUT2D eigenvalue weighted by Gasteiger charge is 2.31. The third-order valence-electron chi connectivity index (χ3n) is 3.36. The monoisotopic (exact) mass is 220 g/mol. The lowest BCUT2D eigenvalue weighted by molar-refractivity contribution is 0.107. The zero-order chi connectivity index (χ0) is 11.4. The minimum atomic E-state index is -1.04. The SMILES string of the molecule is O=Cc1cccc(CC2(F)CCCCC2)c1. The Balaban J connectivity index is 2.09. The molecule has 1 nitrogen and oxygen atoms in total. The summed E-state index contributed by atoms with van der Waals surface area (Å²) >= 11 is 0. The molecule has 1 fully saturated rings. The summed E-state index contributed by atoms with van der Waals surface area (Å²) in [5.41, 5.74) is 0.533. The molecule has 0 heterocycles. The average molecular weight is 220 g/mol. The summed E-state index contributed by atoms with van der Waals surface area (Å²) in [6, 6.07) is 7.28. The highest BCUT2D eigenvalue weighted by molar-refractivity contribution is 5.74. The quantitative estimate of drug-likeness (QED) is 0.710. The second-order valence-corrected chi connectivity index (χ2v) is 4.75. The van der Waals surface area contributed by atoms with Crippen LogP contribution in [0.2, 0.25) is 0 Å². The lowest BCUT2D eigenvalue weighted by Crippen LogP contribution is -2.28. The van der Waals surface area contributed by atoms with Gasteiger partial charge >= 0.3 is 0 Å². The molecule has 1 aliphatic carbocycles. The van der Waals surface area contributed by atoms with Crippen molar-refractivity contribution in [2.24, 2.45) is 0 Å². The average Bonchev–Trinajstić information content (AvgIpc) is 2.29. The van der Waals surface area contributed by atoms with Gasteiger partial charge in [0.25, 0.3) is 0 Å². The second kappa shape index (κ2) is 4.77. The summed E-state index contributed by atoms with van der Waals surface area (Å²) < 4.78 is 14.4. The van der Waals surface area contributed by atoms with Crippen molar-refractivity contribution in [2.45, 2.75) is 44.2 Å². The van der Waals surface area contributed by atoms with Gasteiger partial charge in [-0.3, -0.25) is 4.79 Å². The van der Waals surface area contributed by atoms with Gasteiger partial charge in [0.2, 0.25) is 0 Å². The van der Waals surface area contributed by atoms with Crippen LogP contribution in [-0.4, -0.2) is 12.0 Å². The summed E-state index contributed by atoms with van der Waals surface area (Å²) in [6.07, 6.45) is 5.73. The number of alkyl halides is 1. The van der Waals surface area contributed by atoms with Gasteiger partial charge in [0.15, 0.2) is 0 Å². The van der Waals surface area contributed by atoms with E-state index in [-0.39, 0.29) is 0 Å². The fourth-order valence-corrected chi connectivity index (χ4v) is 2.50. The van der Waals surface area contributed by atoms with Crippen molar-refractivity contribution in [1.82, 2.24) is 0 Å². The number of rotatable bonds is 3. The first kappa shape index (κ1) is 11.3. The molecule has 0 aromatic heterocycles. The van der Waals surface area contributed by atoms with Gasteiger partial charge in [0.05, 0.1) is 0 Å². The van der Waals surface area contributed by atoms with Crippen molar-refractivity contribution < 1.29 is 9.18 Å². The Hall–Kier alpha value is -1.18. The van der Waals surface area contributed by atoms with Gasteiger partial charge in [-0.2, -0.15) is 0 Å². The third-order valence-corrected chi connectivity index (χ3v) is 3.36. The second-order valence-electron chi connectivity index (χ2n) is 4.75. The fraction of sp³-hybridized carbons (Fsp3) is 0.500. The van der Waals surface area contributed by atoms with E-state index >= 15 is 0 Å². The topological polar surface area (TPSA) is 17.1 Å². The van der Waals surface area contributed by atoms with E-state index in [1.807, 2.05) is 12.1 Å². The van der Waals surface area contributed by atoms with E-state index in [0.717, 1.165) is 31.1 Å². The molecular weight excluding hydrogens is 203 g/mol. The molecule has 0 radical (unpaired) electrons. The normalized spacial score (nSPS) is 19.3. The van der Waals surface area contributed by atoms with Gasteiger partial charge in [-0.25, -0.2) is 4.39 Å². The fourth-order valence-electron chi connectivity index (χ4n) is 2.50. The summed E-state index contributed by atoms with van der Waals surface area (Å²) in [5, 5.41) is 0. The predicted octanol–water partition coefficient (Wildman–Crippen LogP) is 3.71. The summed E-state index contributed by atoms with van der Waals surface area (Å²) in [4.78, 5) is 10.6. The van der Waals surface area contributed by atoms with Crippen molar-refractivity contribution in [2.75, 3.05) is 0 Å². The number of hydrogen-bond donors (Lipinski definition) is 0. The minimum absolute atomic E-state index is 0.453. The smallest absolute Gasteiger partial charge is 0.150 e. The molecule has 16 heavy (non-hydrogen) atoms. The molecule has 0 aliphatic heterocycles. The van der Waals surface area contributed by atoms with E-state index in [2.05, 4.69) is 0 Å². The van der Waals surface area contributed by atoms with E-state index in [4.69, 9.17) is 0 Å². The third kappa shape index (κ3) is 2.69. The maximum atomic E-state index is 14.4. The predicted molar refractivity (Wildman–Crippen MR) is 62.5 cm³/mol. The Morgan fingerprint density at radius 1 is 1.25 bits per heavy atom. The molecule has 0 N–H and O–H groups in total. The molecule has 1 aliphatic rings. The minimum Gasteiger partial charge on any atom is -0.298 e. The van der Waals surface area contributed by atoms with E-state index in [9.17, 15) is 9.18 Å². The number of carbonyl (C=O) groups is 1. The van der Waals surface area contributed by atoms with Crippen LogP contribution in [0.3, 0.4) is 0 Å². The molecule has 1 saturated carbocycles. The van der Waals surface area contributed by atoms with E-state index in [0.29, 0.717) is 24.8 Å². The number of aldehydes is 1. The highest BCUT2D eigenvalue weighted by Crippen LogP contribution is 2.34. The van der Waals surface area contributed by atoms with Gasteiger partial charge < -0.3 is 0 Å². The zero-order valence-electron chi connectivity index (χ0n) is 9.42. The lowest BCUT2D eigenvalue weighted by Gasteiger charge is -2.29. The highest BCUT2D eigenvalue weighted by atomic mass is 19.1. The van der Waals surface area contributed by atoms with Crippen LogP contribution in [0.4, 0.5) is 4.39 Å². The standard InChI is InChI=1S/C14H17FO/c15-14(7-2-1-3-8-14)10-12-5-4-6-13(9-12)11-16/h4-6,9,11H,1-3,7-8,10H2. The summed E-state index contributed by atoms with van der Waals surface area (Å²) in [5.74, 6) is 0. The van der Waals surface area contributed by atoms with Crippen LogP contribution in [0.1, 0.15) is 48.0 Å². The molecule has 0 atom stereocenters. The molecule has 0 bridgehead atoms. The Kier molecular flexibility index (Phi) is 3.37. The molecular formula is C14H17FO. The maximum Gasteiger partial charge on any atom is 0.150 e. The molecule has 2 heteroatoms. The molecule has 0 amide bonds. The first-order chi connectivity index (χ1) is 7.72. The molecule has 0 saturated heterocycles. The number of benzene rings is 1. The van der Waals surface area contributed by atoms with E-state index in [1.54, 1.807) is 12.1 Å². The van der Waals surface area contributed by atoms with Crippen molar-refractivity contribution in [3.8, 4) is 0 Å². The molecule has 0 spiro atoms. The van der Waals surface area contributed by atoms with Crippen molar-refractivity contribution in [3.63, 3.8) is 0 Å². The number of carbonyl (C=O) groups excluding carboxylic acids is 1. The summed E-state index contributed by atoms with van der Waals surface area (Å²) in [7, 11) is 0. The number of hydrogen-bond acceptors (Lipinski definition) is 1. The van der Waals surface area contributed by atoms with Crippen LogP contribution in [0.25, 0.3) is 0 Å².